The highest BCUT2D eigenvalue weighted by Crippen LogP contribution is 2.23. The van der Waals surface area contributed by atoms with Crippen LogP contribution in [0, 0.1) is 5.82 Å². The molecule has 0 saturated carbocycles. The van der Waals surface area contributed by atoms with Crippen LogP contribution >= 0.6 is 24.0 Å². The number of alkyl halides is 2. The number of aliphatic imine (C=N–C) groups is 1. The Kier molecular flexibility index (Phi) is 9.63. The summed E-state index contributed by atoms with van der Waals surface area (Å²) in [6.07, 6.45) is 3.61. The van der Waals surface area contributed by atoms with Gasteiger partial charge in [0.2, 0.25) is 0 Å². The lowest BCUT2D eigenvalue weighted by molar-refractivity contribution is -0.0506. The zero-order valence-corrected chi connectivity index (χ0v) is 19.1. The summed E-state index contributed by atoms with van der Waals surface area (Å²) in [6, 6.07) is 13.6. The van der Waals surface area contributed by atoms with Gasteiger partial charge in [-0.05, 0) is 29.3 Å². The van der Waals surface area contributed by atoms with Crippen LogP contribution in [-0.4, -0.2) is 29.4 Å². The molecule has 0 unspecified atom stereocenters. The van der Waals surface area contributed by atoms with Gasteiger partial charge in [-0.1, -0.05) is 30.3 Å². The Morgan fingerprint density at radius 2 is 1.81 bits per heavy atom. The SMILES string of the molecule is CN=C(NCc1ccccc1Cn1cccn1)NCc1c(F)cccc1OC(F)F.I. The van der Waals surface area contributed by atoms with Gasteiger partial charge < -0.3 is 15.4 Å². The van der Waals surface area contributed by atoms with Crippen LogP contribution in [-0.2, 0) is 19.6 Å². The van der Waals surface area contributed by atoms with Crippen molar-refractivity contribution in [3.05, 3.63) is 83.4 Å². The minimum Gasteiger partial charge on any atom is -0.434 e. The number of hydrogen-bond acceptors (Lipinski definition) is 3. The largest absolute Gasteiger partial charge is 0.434 e. The minimum atomic E-state index is -3.03. The molecule has 0 aliphatic heterocycles. The lowest BCUT2D eigenvalue weighted by Gasteiger charge is -2.16. The van der Waals surface area contributed by atoms with Crippen molar-refractivity contribution < 1.29 is 17.9 Å². The van der Waals surface area contributed by atoms with Crippen molar-refractivity contribution in [3.8, 4) is 5.75 Å². The molecule has 2 N–H and O–H groups in total. The third-order valence-electron chi connectivity index (χ3n) is 4.40. The maximum atomic E-state index is 14.1. The van der Waals surface area contributed by atoms with Gasteiger partial charge in [-0.2, -0.15) is 13.9 Å². The number of nitrogens with one attached hydrogen (secondary N) is 2. The van der Waals surface area contributed by atoms with E-state index in [1.165, 1.54) is 18.2 Å². The first kappa shape index (κ1) is 24.5. The van der Waals surface area contributed by atoms with Crippen molar-refractivity contribution in [1.29, 1.82) is 0 Å². The van der Waals surface area contributed by atoms with Crippen LogP contribution in [0.1, 0.15) is 16.7 Å². The second-order valence-corrected chi connectivity index (χ2v) is 6.35. The van der Waals surface area contributed by atoms with Crippen molar-refractivity contribution >= 4 is 29.9 Å². The number of halogens is 4. The van der Waals surface area contributed by atoms with E-state index in [9.17, 15) is 13.2 Å². The molecule has 0 amide bonds. The van der Waals surface area contributed by atoms with Gasteiger partial charge in [0.05, 0.1) is 6.54 Å². The molecule has 10 heteroatoms. The second-order valence-electron chi connectivity index (χ2n) is 6.35. The van der Waals surface area contributed by atoms with Gasteiger partial charge in [-0.3, -0.25) is 9.67 Å². The van der Waals surface area contributed by atoms with Gasteiger partial charge in [0.15, 0.2) is 5.96 Å². The molecule has 6 nitrogen and oxygen atoms in total. The number of rotatable bonds is 8. The third kappa shape index (κ3) is 7.16. The average molecular weight is 545 g/mol. The fourth-order valence-electron chi connectivity index (χ4n) is 2.94. The fraction of sp³-hybridized carbons (Fsp3) is 0.238. The minimum absolute atomic E-state index is 0. The Labute approximate surface area is 195 Å². The van der Waals surface area contributed by atoms with E-state index in [0.29, 0.717) is 19.0 Å². The summed E-state index contributed by atoms with van der Waals surface area (Å²) in [6.45, 7) is -2.01. The van der Waals surface area contributed by atoms with E-state index >= 15 is 0 Å². The summed E-state index contributed by atoms with van der Waals surface area (Å²) in [5.41, 5.74) is 2.13. The van der Waals surface area contributed by atoms with Crippen LogP contribution in [0.3, 0.4) is 0 Å². The molecular formula is C21H23F3IN5O. The molecule has 0 saturated heterocycles. The Balaban J connectivity index is 0.00000341. The monoisotopic (exact) mass is 545 g/mol. The van der Waals surface area contributed by atoms with Crippen LogP contribution < -0.4 is 15.4 Å². The molecule has 2 aromatic carbocycles. The number of nitrogens with zero attached hydrogens (tertiary/aromatic N) is 3. The molecule has 0 radical (unpaired) electrons. The van der Waals surface area contributed by atoms with E-state index in [1.807, 2.05) is 41.2 Å². The predicted molar refractivity (Wildman–Crippen MR) is 123 cm³/mol. The van der Waals surface area contributed by atoms with E-state index in [-0.39, 0.29) is 41.8 Å². The summed E-state index contributed by atoms with van der Waals surface area (Å²) >= 11 is 0. The molecule has 166 valence electrons. The fourth-order valence-corrected chi connectivity index (χ4v) is 2.94. The van der Waals surface area contributed by atoms with E-state index in [2.05, 4.69) is 25.5 Å². The van der Waals surface area contributed by atoms with Crippen LogP contribution in [0.4, 0.5) is 13.2 Å². The topological polar surface area (TPSA) is 63.5 Å². The highest BCUT2D eigenvalue weighted by Gasteiger charge is 2.14. The number of benzene rings is 2. The van der Waals surface area contributed by atoms with Crippen molar-refractivity contribution in [3.63, 3.8) is 0 Å². The molecule has 0 aliphatic rings. The molecule has 1 aromatic heterocycles. The molecule has 1 heterocycles. The summed E-state index contributed by atoms with van der Waals surface area (Å²) < 4.78 is 45.5. The summed E-state index contributed by atoms with van der Waals surface area (Å²) in [7, 11) is 1.57. The smallest absolute Gasteiger partial charge is 0.387 e. The molecule has 0 atom stereocenters. The summed E-state index contributed by atoms with van der Waals surface area (Å²) in [5.74, 6) is -0.451. The van der Waals surface area contributed by atoms with Gasteiger partial charge >= 0.3 is 6.61 Å². The van der Waals surface area contributed by atoms with Gasteiger partial charge in [-0.15, -0.1) is 24.0 Å². The molecule has 0 fully saturated rings. The Hall–Kier alpha value is -2.76. The first-order chi connectivity index (χ1) is 14.6. The maximum absolute atomic E-state index is 14.1. The standard InChI is InChI=1S/C21H22F3N5O.HI/c1-25-21(27-13-17-18(22)8-4-9-19(17)30-20(23)24)26-12-15-6-2-3-7-16(15)14-29-11-5-10-28-29;/h2-11,20H,12-14H2,1H3,(H2,25,26,27);1H. The Morgan fingerprint density at radius 3 is 2.48 bits per heavy atom. The van der Waals surface area contributed by atoms with Gasteiger partial charge in [-0.25, -0.2) is 4.39 Å². The van der Waals surface area contributed by atoms with Crippen molar-refractivity contribution in [1.82, 2.24) is 20.4 Å². The van der Waals surface area contributed by atoms with Crippen LogP contribution in [0.15, 0.2) is 65.9 Å². The average Bonchev–Trinajstić information content (AvgIpc) is 3.23. The van der Waals surface area contributed by atoms with E-state index < -0.39 is 12.4 Å². The highest BCUT2D eigenvalue weighted by molar-refractivity contribution is 14.0. The first-order valence-electron chi connectivity index (χ1n) is 9.27. The third-order valence-corrected chi connectivity index (χ3v) is 4.40. The molecule has 31 heavy (non-hydrogen) atoms. The Bertz CT molecular complexity index is 983. The maximum Gasteiger partial charge on any atom is 0.387 e. The number of ether oxygens (including phenoxy) is 1. The summed E-state index contributed by atoms with van der Waals surface area (Å²) in [5, 5.41) is 10.3. The van der Waals surface area contributed by atoms with Crippen molar-refractivity contribution in [2.24, 2.45) is 4.99 Å². The lowest BCUT2D eigenvalue weighted by atomic mass is 10.1. The van der Waals surface area contributed by atoms with Gasteiger partial charge in [0.1, 0.15) is 11.6 Å². The zero-order chi connectivity index (χ0) is 21.3. The van der Waals surface area contributed by atoms with Crippen LogP contribution in [0.2, 0.25) is 0 Å². The Morgan fingerprint density at radius 1 is 1.06 bits per heavy atom. The van der Waals surface area contributed by atoms with E-state index in [1.54, 1.807) is 13.2 Å². The predicted octanol–water partition coefficient (Wildman–Crippen LogP) is 4.16. The molecule has 0 spiro atoms. The molecular weight excluding hydrogens is 522 g/mol. The van der Waals surface area contributed by atoms with E-state index in [4.69, 9.17) is 0 Å². The van der Waals surface area contributed by atoms with Crippen LogP contribution in [0.5, 0.6) is 5.75 Å². The highest BCUT2D eigenvalue weighted by atomic mass is 127. The van der Waals surface area contributed by atoms with Crippen molar-refractivity contribution in [2.45, 2.75) is 26.2 Å². The molecule has 0 aliphatic carbocycles. The molecule has 0 bridgehead atoms. The van der Waals surface area contributed by atoms with Crippen LogP contribution in [0.25, 0.3) is 0 Å². The molecule has 3 rings (SSSR count). The number of guanidine groups is 1. The normalized spacial score (nSPS) is 11.2. The summed E-state index contributed by atoms with van der Waals surface area (Å²) in [4.78, 5) is 4.11. The van der Waals surface area contributed by atoms with Gasteiger partial charge in [0, 0.05) is 38.1 Å². The lowest BCUT2D eigenvalue weighted by Crippen LogP contribution is -2.36. The molecule has 3 aromatic rings. The number of hydrogen-bond donors (Lipinski definition) is 2. The quantitative estimate of drug-likeness (QED) is 0.254. The van der Waals surface area contributed by atoms with Gasteiger partial charge in [0.25, 0.3) is 0 Å². The number of aromatic nitrogens is 2. The van der Waals surface area contributed by atoms with Crippen molar-refractivity contribution in [2.75, 3.05) is 7.05 Å². The first-order valence-corrected chi connectivity index (χ1v) is 9.27. The second kappa shape index (κ2) is 12.2. The van der Waals surface area contributed by atoms with E-state index in [0.717, 1.165) is 11.1 Å². The zero-order valence-electron chi connectivity index (χ0n) is 16.8.